The first-order valence-corrected chi connectivity index (χ1v) is 8.35. The average Bonchev–Trinajstić information content (AvgIpc) is 2.36. The van der Waals surface area contributed by atoms with E-state index in [4.69, 9.17) is 0 Å². The van der Waals surface area contributed by atoms with Gasteiger partial charge in [-0.15, -0.1) is 0 Å². The molecule has 0 aliphatic heterocycles. The molecule has 0 heterocycles. The second kappa shape index (κ2) is 8.36. The van der Waals surface area contributed by atoms with E-state index in [1.807, 2.05) is 6.92 Å². The molecule has 1 heteroatoms. The van der Waals surface area contributed by atoms with Crippen LogP contribution in [0, 0.1) is 17.8 Å². The summed E-state index contributed by atoms with van der Waals surface area (Å²) in [5.41, 5.74) is 3.86. The zero-order chi connectivity index (χ0) is 16.0. The van der Waals surface area contributed by atoms with Gasteiger partial charge in [0, 0.05) is 6.42 Å². The van der Waals surface area contributed by atoms with Gasteiger partial charge in [-0.25, -0.2) is 0 Å². The van der Waals surface area contributed by atoms with Crippen molar-refractivity contribution in [3.8, 4) is 0 Å². The van der Waals surface area contributed by atoms with Crippen molar-refractivity contribution < 1.29 is 4.79 Å². The normalized spacial score (nSPS) is 30.7. The molecule has 0 spiro atoms. The third kappa shape index (κ3) is 6.03. The highest BCUT2D eigenvalue weighted by molar-refractivity contribution is 5.85. The lowest BCUT2D eigenvalue weighted by Gasteiger charge is -2.20. The van der Waals surface area contributed by atoms with Crippen molar-refractivity contribution in [2.75, 3.05) is 0 Å². The van der Waals surface area contributed by atoms with Crippen molar-refractivity contribution >= 4 is 5.78 Å². The molecule has 0 unspecified atom stereocenters. The van der Waals surface area contributed by atoms with Crippen molar-refractivity contribution in [2.24, 2.45) is 17.8 Å². The van der Waals surface area contributed by atoms with Crippen LogP contribution in [-0.2, 0) is 4.79 Å². The van der Waals surface area contributed by atoms with Gasteiger partial charge in [0.1, 0.15) is 5.78 Å². The molecule has 0 amide bonds. The van der Waals surface area contributed by atoms with Crippen LogP contribution in [-0.4, -0.2) is 5.78 Å². The fraction of sp³-hybridized carbons (Fsp3) is 0.650. The second-order valence-electron chi connectivity index (χ2n) is 7.12. The Bertz CT molecular complexity index is 437. The molecule has 1 aliphatic rings. The van der Waals surface area contributed by atoms with Crippen LogP contribution in [0.1, 0.15) is 66.7 Å². The lowest BCUT2D eigenvalue weighted by atomic mass is 9.84. The van der Waals surface area contributed by atoms with Gasteiger partial charge in [-0.05, 0) is 51.4 Å². The van der Waals surface area contributed by atoms with Crippen LogP contribution < -0.4 is 0 Å². The van der Waals surface area contributed by atoms with E-state index in [0.29, 0.717) is 24.0 Å². The van der Waals surface area contributed by atoms with Crippen LogP contribution in [0.2, 0.25) is 0 Å². The molecular weight excluding hydrogens is 256 g/mol. The van der Waals surface area contributed by atoms with Crippen molar-refractivity contribution in [1.82, 2.24) is 0 Å². The van der Waals surface area contributed by atoms with Gasteiger partial charge < -0.3 is 0 Å². The smallest absolute Gasteiger partial charge is 0.144 e. The van der Waals surface area contributed by atoms with E-state index in [9.17, 15) is 4.79 Å². The third-order valence-corrected chi connectivity index (χ3v) is 4.51. The Kier molecular flexibility index (Phi) is 7.14. The molecule has 0 aromatic rings. The largest absolute Gasteiger partial charge is 0.299 e. The van der Waals surface area contributed by atoms with Crippen LogP contribution >= 0.6 is 0 Å². The van der Waals surface area contributed by atoms with E-state index < -0.39 is 0 Å². The minimum atomic E-state index is -0.0893. The minimum absolute atomic E-state index is 0.0893. The zero-order valence-corrected chi connectivity index (χ0v) is 14.5. The van der Waals surface area contributed by atoms with Crippen molar-refractivity contribution in [1.29, 1.82) is 0 Å². The summed E-state index contributed by atoms with van der Waals surface area (Å²) in [4.78, 5) is 12.6. The van der Waals surface area contributed by atoms with Crippen molar-refractivity contribution in [3.05, 3.63) is 35.5 Å². The van der Waals surface area contributed by atoms with Gasteiger partial charge in [0.2, 0.25) is 0 Å². The summed E-state index contributed by atoms with van der Waals surface area (Å²) in [5.74, 6) is 1.20. The number of Topliss-reactive ketones (excluding diaryl/α,β-unsaturated/α-hetero) is 1. The van der Waals surface area contributed by atoms with Crippen molar-refractivity contribution in [2.45, 2.75) is 66.7 Å². The highest BCUT2D eigenvalue weighted by atomic mass is 16.1. The van der Waals surface area contributed by atoms with Gasteiger partial charge in [-0.2, -0.15) is 0 Å². The number of ketones is 1. The molecule has 1 rings (SSSR count). The fourth-order valence-corrected chi connectivity index (χ4v) is 2.92. The first-order valence-electron chi connectivity index (χ1n) is 8.35. The molecular formula is C20H32O. The predicted octanol–water partition coefficient (Wildman–Crippen LogP) is 5.88. The highest BCUT2D eigenvalue weighted by Crippen LogP contribution is 2.27. The van der Waals surface area contributed by atoms with Gasteiger partial charge in [0.15, 0.2) is 0 Å². The van der Waals surface area contributed by atoms with Crippen molar-refractivity contribution in [3.63, 3.8) is 0 Å². The summed E-state index contributed by atoms with van der Waals surface area (Å²) in [5, 5.41) is 0. The van der Waals surface area contributed by atoms with Gasteiger partial charge in [0.25, 0.3) is 0 Å². The number of rotatable bonds is 2. The highest BCUT2D eigenvalue weighted by Gasteiger charge is 2.21. The van der Waals surface area contributed by atoms with Crippen LogP contribution in [0.5, 0.6) is 0 Å². The topological polar surface area (TPSA) is 17.1 Å². The molecule has 0 aromatic carbocycles. The van der Waals surface area contributed by atoms with Gasteiger partial charge >= 0.3 is 0 Å². The summed E-state index contributed by atoms with van der Waals surface area (Å²) >= 11 is 0. The van der Waals surface area contributed by atoms with E-state index in [2.05, 4.69) is 46.4 Å². The van der Waals surface area contributed by atoms with Crippen LogP contribution in [0.3, 0.4) is 0 Å². The first-order chi connectivity index (χ1) is 9.81. The molecule has 21 heavy (non-hydrogen) atoms. The Hall–Kier alpha value is -1.11. The van der Waals surface area contributed by atoms with E-state index >= 15 is 0 Å². The van der Waals surface area contributed by atoms with Crippen LogP contribution in [0.15, 0.2) is 35.5 Å². The fourth-order valence-electron chi connectivity index (χ4n) is 2.92. The van der Waals surface area contributed by atoms with Crippen LogP contribution in [0.25, 0.3) is 0 Å². The SMILES string of the molecule is C=C(C)[C@@H]1/C=C(/C(C)C)CC/C(C)=C/CC[C@H](C)CC1=O. The van der Waals surface area contributed by atoms with Gasteiger partial charge in [-0.1, -0.05) is 56.2 Å². The summed E-state index contributed by atoms with van der Waals surface area (Å²) in [6, 6.07) is 0. The second-order valence-corrected chi connectivity index (χ2v) is 7.12. The average molecular weight is 288 g/mol. The molecule has 0 bridgehead atoms. The maximum absolute atomic E-state index is 12.6. The summed E-state index contributed by atoms with van der Waals surface area (Å²) < 4.78 is 0. The van der Waals surface area contributed by atoms with Crippen LogP contribution in [0.4, 0.5) is 0 Å². The summed E-state index contributed by atoms with van der Waals surface area (Å²) in [7, 11) is 0. The van der Waals surface area contributed by atoms with E-state index in [-0.39, 0.29) is 5.92 Å². The lowest BCUT2D eigenvalue weighted by molar-refractivity contribution is -0.121. The molecule has 0 fully saturated rings. The monoisotopic (exact) mass is 288 g/mol. The molecule has 0 aromatic heterocycles. The maximum Gasteiger partial charge on any atom is 0.144 e. The molecule has 1 nitrogen and oxygen atoms in total. The predicted molar refractivity (Wildman–Crippen MR) is 92.2 cm³/mol. The van der Waals surface area contributed by atoms with E-state index in [0.717, 1.165) is 31.3 Å². The Morgan fingerprint density at radius 1 is 1.33 bits per heavy atom. The Morgan fingerprint density at radius 3 is 2.57 bits per heavy atom. The maximum atomic E-state index is 12.6. The number of hydrogen-bond donors (Lipinski definition) is 0. The standard InChI is InChI=1S/C20H32O/c1-14(2)18-11-10-16(5)8-7-9-17(6)12-20(21)19(13-18)15(3)4/h8,13-14,17,19H,3,7,9-12H2,1-2,4-6H3/b16-8+,18-13+/t17-,19-/m0/s1. The molecule has 1 aliphatic carbocycles. The van der Waals surface area contributed by atoms with Gasteiger partial charge in [-0.3, -0.25) is 4.79 Å². The van der Waals surface area contributed by atoms with E-state index in [1.165, 1.54) is 11.1 Å². The quantitative estimate of drug-likeness (QED) is 0.580. The molecule has 118 valence electrons. The Morgan fingerprint density at radius 2 is 2.00 bits per heavy atom. The molecule has 0 N–H and O–H groups in total. The third-order valence-electron chi connectivity index (χ3n) is 4.51. The van der Waals surface area contributed by atoms with E-state index in [1.54, 1.807) is 0 Å². The first kappa shape index (κ1) is 17.9. The molecule has 0 saturated heterocycles. The minimum Gasteiger partial charge on any atom is -0.299 e. The number of hydrogen-bond acceptors (Lipinski definition) is 1. The Balaban J connectivity index is 3.08. The van der Waals surface area contributed by atoms with Gasteiger partial charge in [0.05, 0.1) is 5.92 Å². The molecule has 0 radical (unpaired) electrons. The summed E-state index contributed by atoms with van der Waals surface area (Å²) in [6.07, 6.45) is 9.60. The number of carbonyl (C=O) groups is 1. The summed E-state index contributed by atoms with van der Waals surface area (Å²) in [6.45, 7) is 14.9. The molecule has 2 atom stereocenters. The number of carbonyl (C=O) groups excluding carboxylic acids is 1. The Labute approximate surface area is 131 Å². The molecule has 0 saturated carbocycles. The lowest BCUT2D eigenvalue weighted by Crippen LogP contribution is -2.18. The zero-order valence-electron chi connectivity index (χ0n) is 14.5. The number of allylic oxidation sites excluding steroid dienone is 5.